The zero-order valence-electron chi connectivity index (χ0n) is 27.0. The lowest BCUT2D eigenvalue weighted by Crippen LogP contribution is -2.38. The number of rotatable bonds is 18. The number of carboxylic acid groups (broad SMARTS) is 1. The molecule has 3 heterocycles. The van der Waals surface area contributed by atoms with E-state index in [2.05, 4.69) is 38.6 Å². The van der Waals surface area contributed by atoms with E-state index < -0.39 is 12.0 Å². The van der Waals surface area contributed by atoms with Crippen molar-refractivity contribution in [1.29, 1.82) is 0 Å². The molecule has 1 amide bonds. The zero-order chi connectivity index (χ0) is 32.1. The minimum atomic E-state index is -1.07. The van der Waals surface area contributed by atoms with E-state index in [-0.39, 0.29) is 18.7 Å². The molecular formula is C33H52N10O3. The fraction of sp³-hybridized carbons (Fsp3) is 0.636. The van der Waals surface area contributed by atoms with Gasteiger partial charge in [-0.1, -0.05) is 31.4 Å². The number of anilines is 2. The number of carbonyl (C=O) groups is 2. The molecule has 13 nitrogen and oxygen atoms in total. The van der Waals surface area contributed by atoms with E-state index >= 15 is 0 Å². The van der Waals surface area contributed by atoms with Gasteiger partial charge in [0.2, 0.25) is 11.9 Å². The summed E-state index contributed by atoms with van der Waals surface area (Å²) in [5.74, 6) is 0.353. The smallest absolute Gasteiger partial charge is 0.320 e. The van der Waals surface area contributed by atoms with E-state index in [1.54, 1.807) is 0 Å². The second kappa shape index (κ2) is 17.3. The van der Waals surface area contributed by atoms with Gasteiger partial charge in [0.25, 0.3) is 0 Å². The third-order valence-electron chi connectivity index (χ3n) is 9.13. The second-order valence-corrected chi connectivity index (χ2v) is 12.8. The van der Waals surface area contributed by atoms with Gasteiger partial charge in [-0.3, -0.25) is 19.4 Å². The zero-order valence-corrected chi connectivity index (χ0v) is 27.0. The fourth-order valence-corrected chi connectivity index (χ4v) is 6.41. The number of amides is 1. The molecule has 1 atom stereocenters. The number of aliphatic carboxylic acids is 1. The Hall–Kier alpha value is -3.68. The number of carboxylic acids is 1. The van der Waals surface area contributed by atoms with Crippen LogP contribution >= 0.6 is 0 Å². The second-order valence-electron chi connectivity index (χ2n) is 12.8. The van der Waals surface area contributed by atoms with E-state index in [0.29, 0.717) is 37.7 Å². The highest BCUT2D eigenvalue weighted by Gasteiger charge is 2.19. The fourth-order valence-electron chi connectivity index (χ4n) is 6.41. The Morgan fingerprint density at radius 3 is 2.59 bits per heavy atom. The van der Waals surface area contributed by atoms with Crippen LogP contribution in [-0.2, 0) is 22.7 Å². The van der Waals surface area contributed by atoms with Crippen molar-refractivity contribution < 1.29 is 14.7 Å². The summed E-state index contributed by atoms with van der Waals surface area (Å²) in [6.45, 7) is 5.49. The first kappa shape index (κ1) is 33.7. The minimum Gasteiger partial charge on any atom is -0.480 e. The number of para-hydroxylation sites is 1. The van der Waals surface area contributed by atoms with Crippen molar-refractivity contribution >= 4 is 34.5 Å². The van der Waals surface area contributed by atoms with Crippen molar-refractivity contribution in [3.05, 3.63) is 36.2 Å². The number of aryl methyl sites for hydroxylation is 1. The molecule has 0 bridgehead atoms. The normalized spacial score (nSPS) is 16.8. The number of H-pyrrole nitrogens is 1. The number of nitrogens with two attached hydrogens (primary N) is 1. The summed E-state index contributed by atoms with van der Waals surface area (Å²) in [7, 11) is 0. The van der Waals surface area contributed by atoms with Crippen molar-refractivity contribution in [2.24, 2.45) is 5.73 Å². The Kier molecular flexibility index (Phi) is 12.7. The predicted octanol–water partition coefficient (Wildman–Crippen LogP) is 3.26. The van der Waals surface area contributed by atoms with E-state index in [4.69, 9.17) is 20.8 Å². The number of benzene rings is 1. The highest BCUT2D eigenvalue weighted by molar-refractivity contribution is 5.90. The molecule has 0 spiro atoms. The average Bonchev–Trinajstić information content (AvgIpc) is 3.05. The molecule has 2 aliphatic rings. The monoisotopic (exact) mass is 636 g/mol. The van der Waals surface area contributed by atoms with Crippen LogP contribution < -0.4 is 27.0 Å². The van der Waals surface area contributed by atoms with Crippen molar-refractivity contribution in [2.45, 2.75) is 102 Å². The molecule has 252 valence electrons. The maximum atomic E-state index is 13.0. The van der Waals surface area contributed by atoms with Gasteiger partial charge >= 0.3 is 5.97 Å². The first-order valence-electron chi connectivity index (χ1n) is 17.2. The number of nitrogens with zero attached hydrogens (tertiary/aromatic N) is 4. The van der Waals surface area contributed by atoms with Crippen LogP contribution in [0.15, 0.2) is 30.5 Å². The van der Waals surface area contributed by atoms with Crippen LogP contribution in [-0.4, -0.2) is 92.5 Å². The first-order chi connectivity index (χ1) is 22.4. The number of piperidine rings is 1. The van der Waals surface area contributed by atoms with Crippen LogP contribution in [0.3, 0.4) is 0 Å². The Balaban J connectivity index is 1.08. The summed E-state index contributed by atoms with van der Waals surface area (Å²) >= 11 is 0. The van der Waals surface area contributed by atoms with Crippen LogP contribution in [0.1, 0.15) is 76.3 Å². The lowest BCUT2D eigenvalue weighted by atomic mass is 9.95. The van der Waals surface area contributed by atoms with Crippen LogP contribution in [0.4, 0.5) is 11.8 Å². The van der Waals surface area contributed by atoms with Gasteiger partial charge in [-0.2, -0.15) is 4.98 Å². The van der Waals surface area contributed by atoms with Gasteiger partial charge in [0, 0.05) is 49.7 Å². The van der Waals surface area contributed by atoms with Crippen LogP contribution in [0, 0.1) is 0 Å². The standard InChI is InChI=1S/C33H52N10O3/c34-28(32(45)46)12-13-30(44)42(19-6-16-36-24-8-2-1-3-9-24)20-7-21-43-23-26(41-43)22-37-33-39-29-11-5-4-10-27(29)31(40-33)38-25-14-17-35-18-15-25/h4-5,10-11,23-25,28,35-36,41H,1-3,6-9,12-22,34H2,(H,45,46)(H2,37,38,39,40)/t28-/m0/s1. The summed E-state index contributed by atoms with van der Waals surface area (Å²) in [6.07, 6.45) is 12.5. The molecule has 46 heavy (non-hydrogen) atoms. The highest BCUT2D eigenvalue weighted by Crippen LogP contribution is 2.24. The van der Waals surface area contributed by atoms with E-state index in [1.807, 2.05) is 27.8 Å². The summed E-state index contributed by atoms with van der Waals surface area (Å²) in [6, 6.07) is 8.05. The molecule has 0 unspecified atom stereocenters. The van der Waals surface area contributed by atoms with Crippen LogP contribution in [0.25, 0.3) is 10.9 Å². The third kappa shape index (κ3) is 10.2. The topological polar surface area (TPSA) is 178 Å². The molecule has 0 radical (unpaired) electrons. The van der Waals surface area contributed by atoms with Crippen LogP contribution in [0.5, 0.6) is 0 Å². The van der Waals surface area contributed by atoms with Gasteiger partial charge in [0.1, 0.15) is 11.9 Å². The molecule has 1 aliphatic carbocycles. The largest absolute Gasteiger partial charge is 0.480 e. The van der Waals surface area contributed by atoms with Crippen molar-refractivity contribution in [3.63, 3.8) is 0 Å². The Morgan fingerprint density at radius 2 is 1.80 bits per heavy atom. The van der Waals surface area contributed by atoms with Gasteiger partial charge in [0.05, 0.1) is 17.8 Å². The van der Waals surface area contributed by atoms with Gasteiger partial charge in [0.15, 0.2) is 0 Å². The molecule has 2 aromatic heterocycles. The highest BCUT2D eigenvalue weighted by atomic mass is 16.4. The summed E-state index contributed by atoms with van der Waals surface area (Å²) in [5.41, 5.74) is 7.60. The molecule has 13 heteroatoms. The lowest BCUT2D eigenvalue weighted by molar-refractivity contribution is -0.139. The molecule has 1 saturated heterocycles. The SMILES string of the molecule is N[C@@H](CCC(=O)N(CCCNC1CCCCC1)CCCn1cc(CNc2nc(NC3CCNCC3)c3ccccc3n2)[nH]1)C(=O)O. The molecule has 5 rings (SSSR count). The summed E-state index contributed by atoms with van der Waals surface area (Å²) < 4.78 is 2.02. The number of nitrogens with one attached hydrogen (secondary N) is 5. The number of hydrogen-bond donors (Lipinski definition) is 7. The molecule has 1 aromatic carbocycles. The van der Waals surface area contributed by atoms with Gasteiger partial charge in [-0.15, -0.1) is 0 Å². The van der Waals surface area contributed by atoms with Crippen LogP contribution in [0.2, 0.25) is 0 Å². The predicted molar refractivity (Wildman–Crippen MR) is 181 cm³/mol. The Morgan fingerprint density at radius 1 is 1.04 bits per heavy atom. The Labute approximate surface area is 271 Å². The number of aromatic nitrogens is 4. The molecule has 1 aliphatic heterocycles. The maximum absolute atomic E-state index is 13.0. The minimum absolute atomic E-state index is 0.0317. The van der Waals surface area contributed by atoms with Gasteiger partial charge in [-0.05, 0) is 76.7 Å². The average molecular weight is 637 g/mol. The summed E-state index contributed by atoms with van der Waals surface area (Å²) in [4.78, 5) is 35.6. The van der Waals surface area contributed by atoms with E-state index in [0.717, 1.165) is 74.3 Å². The number of hydrogen-bond acceptors (Lipinski definition) is 9. The van der Waals surface area contributed by atoms with Crippen molar-refractivity contribution in [1.82, 2.24) is 35.3 Å². The third-order valence-corrected chi connectivity index (χ3v) is 9.13. The van der Waals surface area contributed by atoms with Gasteiger partial charge < -0.3 is 37.0 Å². The number of fused-ring (bicyclic) bond motifs is 1. The van der Waals surface area contributed by atoms with Crippen molar-refractivity contribution in [2.75, 3.05) is 43.4 Å². The molecule has 8 N–H and O–H groups in total. The van der Waals surface area contributed by atoms with E-state index in [1.165, 1.54) is 32.1 Å². The molecule has 1 saturated carbocycles. The van der Waals surface area contributed by atoms with Crippen molar-refractivity contribution in [3.8, 4) is 0 Å². The van der Waals surface area contributed by atoms with E-state index in [9.17, 15) is 9.59 Å². The number of aromatic amines is 1. The molecular weight excluding hydrogens is 584 g/mol. The number of carbonyl (C=O) groups excluding carboxylic acids is 1. The summed E-state index contributed by atoms with van der Waals surface area (Å²) in [5, 5.41) is 27.6. The molecule has 2 fully saturated rings. The maximum Gasteiger partial charge on any atom is 0.320 e. The lowest BCUT2D eigenvalue weighted by Gasteiger charge is -2.26. The van der Waals surface area contributed by atoms with Gasteiger partial charge in [-0.25, -0.2) is 4.98 Å². The first-order valence-corrected chi connectivity index (χ1v) is 17.2. The Bertz CT molecular complexity index is 1370. The quantitative estimate of drug-likeness (QED) is 0.103. The molecule has 3 aromatic rings.